The molecule has 1 aliphatic rings. The Bertz CT molecular complexity index is 855. The lowest BCUT2D eigenvalue weighted by Gasteiger charge is -2.29. The van der Waals surface area contributed by atoms with Gasteiger partial charge in [-0.15, -0.1) is 0 Å². The second-order valence-electron chi connectivity index (χ2n) is 6.36. The van der Waals surface area contributed by atoms with Gasteiger partial charge in [0.1, 0.15) is 5.02 Å². The summed E-state index contributed by atoms with van der Waals surface area (Å²) >= 11 is 12.2. The van der Waals surface area contributed by atoms with Gasteiger partial charge in [0.05, 0.1) is 17.6 Å². The summed E-state index contributed by atoms with van der Waals surface area (Å²) in [7, 11) is -0.798. The Labute approximate surface area is 165 Å². The van der Waals surface area contributed by atoms with E-state index in [9.17, 15) is 9.00 Å². The number of nitrogens with zero attached hydrogens (tertiary/aromatic N) is 2. The van der Waals surface area contributed by atoms with Gasteiger partial charge in [-0.3, -0.25) is 9.00 Å². The summed E-state index contributed by atoms with van der Waals surface area (Å²) < 4.78 is 13.3. The van der Waals surface area contributed by atoms with Crippen molar-refractivity contribution < 1.29 is 4.21 Å². The molecule has 1 aromatic heterocycles. The molecular weight excluding hydrogens is 393 g/mol. The van der Waals surface area contributed by atoms with Crippen LogP contribution in [0.1, 0.15) is 32.6 Å². The van der Waals surface area contributed by atoms with Gasteiger partial charge in [0.15, 0.2) is 0 Å². The average molecular weight is 414 g/mol. The predicted octanol–water partition coefficient (Wildman–Crippen LogP) is 4.03. The van der Waals surface area contributed by atoms with Crippen molar-refractivity contribution in [2.75, 3.05) is 11.1 Å². The van der Waals surface area contributed by atoms with Crippen molar-refractivity contribution in [3.05, 3.63) is 50.9 Å². The number of nitrogens with one attached hydrogen (secondary N) is 1. The molecule has 0 bridgehead atoms. The minimum Gasteiger partial charge on any atom is -0.380 e. The highest BCUT2D eigenvalue weighted by molar-refractivity contribution is 7.85. The zero-order chi connectivity index (χ0) is 18.7. The van der Waals surface area contributed by atoms with Crippen molar-refractivity contribution in [1.82, 2.24) is 9.78 Å². The second kappa shape index (κ2) is 8.55. The summed E-state index contributed by atoms with van der Waals surface area (Å²) in [5.41, 5.74) is 0.738. The summed E-state index contributed by atoms with van der Waals surface area (Å²) in [6, 6.07) is 6.97. The molecule has 1 saturated carbocycles. The SMILES string of the molecule is CCS(=O)C1CCCC(Nc2cnn(-c3ccc(Cl)cc3)c(=O)c2Cl)C1. The van der Waals surface area contributed by atoms with Crippen molar-refractivity contribution in [2.45, 2.75) is 43.9 Å². The third-order valence-corrected chi connectivity index (χ3v) is 6.99. The molecule has 26 heavy (non-hydrogen) atoms. The smallest absolute Gasteiger partial charge is 0.292 e. The Morgan fingerprint density at radius 2 is 2.00 bits per heavy atom. The second-order valence-corrected chi connectivity index (χ2v) is 9.18. The Morgan fingerprint density at radius 3 is 2.69 bits per heavy atom. The lowest BCUT2D eigenvalue weighted by Crippen LogP contribution is -2.34. The van der Waals surface area contributed by atoms with Crippen LogP contribution in [0.5, 0.6) is 0 Å². The quantitative estimate of drug-likeness (QED) is 0.803. The largest absolute Gasteiger partial charge is 0.380 e. The first-order chi connectivity index (χ1) is 12.5. The van der Waals surface area contributed by atoms with Gasteiger partial charge in [0.2, 0.25) is 0 Å². The molecule has 0 saturated heterocycles. The van der Waals surface area contributed by atoms with E-state index in [0.717, 1.165) is 25.7 Å². The molecule has 0 radical (unpaired) electrons. The topological polar surface area (TPSA) is 64.0 Å². The fraction of sp³-hybridized carbons (Fsp3) is 0.444. The third kappa shape index (κ3) is 4.30. The van der Waals surface area contributed by atoms with E-state index in [1.807, 2.05) is 6.92 Å². The van der Waals surface area contributed by atoms with Crippen molar-refractivity contribution in [3.63, 3.8) is 0 Å². The summed E-state index contributed by atoms with van der Waals surface area (Å²) in [5.74, 6) is 0.677. The Balaban J connectivity index is 1.79. The first kappa shape index (κ1) is 19.4. The van der Waals surface area contributed by atoms with Crippen LogP contribution in [0.25, 0.3) is 5.69 Å². The van der Waals surface area contributed by atoms with Gasteiger partial charge in [0.25, 0.3) is 5.56 Å². The number of aromatic nitrogens is 2. The summed E-state index contributed by atoms with van der Waals surface area (Å²) in [5, 5.41) is 8.44. The van der Waals surface area contributed by atoms with Crippen LogP contribution >= 0.6 is 23.2 Å². The van der Waals surface area contributed by atoms with Crippen LogP contribution in [0.3, 0.4) is 0 Å². The van der Waals surface area contributed by atoms with Crippen molar-refractivity contribution in [1.29, 1.82) is 0 Å². The molecule has 3 atom stereocenters. The van der Waals surface area contributed by atoms with E-state index in [1.165, 1.54) is 4.68 Å². The Hall–Kier alpha value is -1.37. The van der Waals surface area contributed by atoms with Crippen LogP contribution in [-0.2, 0) is 10.8 Å². The highest BCUT2D eigenvalue weighted by Crippen LogP contribution is 2.27. The molecule has 1 fully saturated rings. The van der Waals surface area contributed by atoms with Crippen molar-refractivity contribution in [2.24, 2.45) is 0 Å². The summed E-state index contributed by atoms with van der Waals surface area (Å²) in [4.78, 5) is 12.6. The van der Waals surface area contributed by atoms with Gasteiger partial charge in [0, 0.05) is 32.9 Å². The predicted molar refractivity (Wildman–Crippen MR) is 108 cm³/mol. The van der Waals surface area contributed by atoms with E-state index in [2.05, 4.69) is 10.4 Å². The summed E-state index contributed by atoms with van der Waals surface area (Å²) in [6.07, 6.45) is 5.35. The molecule has 2 aromatic rings. The van der Waals surface area contributed by atoms with E-state index in [4.69, 9.17) is 23.2 Å². The van der Waals surface area contributed by atoms with E-state index in [-0.39, 0.29) is 21.9 Å². The molecular formula is C18H21Cl2N3O2S. The zero-order valence-electron chi connectivity index (χ0n) is 14.5. The zero-order valence-corrected chi connectivity index (χ0v) is 16.8. The molecule has 5 nitrogen and oxygen atoms in total. The normalized spacial score (nSPS) is 21.3. The molecule has 0 amide bonds. The molecule has 0 spiro atoms. The van der Waals surface area contributed by atoms with Gasteiger partial charge >= 0.3 is 0 Å². The number of anilines is 1. The van der Waals surface area contributed by atoms with E-state index >= 15 is 0 Å². The molecule has 1 aromatic carbocycles. The number of rotatable bonds is 5. The maximum Gasteiger partial charge on any atom is 0.292 e. The Kier molecular flexibility index (Phi) is 6.37. The van der Waals surface area contributed by atoms with Crippen LogP contribution in [-0.4, -0.2) is 31.0 Å². The van der Waals surface area contributed by atoms with Crippen LogP contribution < -0.4 is 10.9 Å². The van der Waals surface area contributed by atoms with Crippen molar-refractivity contribution >= 4 is 39.7 Å². The van der Waals surface area contributed by atoms with Crippen molar-refractivity contribution in [3.8, 4) is 5.69 Å². The molecule has 3 unspecified atom stereocenters. The van der Waals surface area contributed by atoms with Gasteiger partial charge in [-0.1, -0.05) is 36.5 Å². The standard InChI is InChI=1S/C18H21Cl2N3O2S/c1-2-26(25)15-5-3-4-13(10-15)22-16-11-21-23(18(24)17(16)20)14-8-6-12(19)7-9-14/h6-9,11,13,15,22H,2-5,10H2,1H3. The van der Waals surface area contributed by atoms with E-state index in [1.54, 1.807) is 30.5 Å². The lowest BCUT2D eigenvalue weighted by atomic mass is 9.95. The van der Waals surface area contributed by atoms with Gasteiger partial charge < -0.3 is 5.32 Å². The summed E-state index contributed by atoms with van der Waals surface area (Å²) in [6.45, 7) is 1.95. The average Bonchev–Trinajstić information content (AvgIpc) is 2.66. The number of halogens is 2. The molecule has 8 heteroatoms. The van der Waals surface area contributed by atoms with Gasteiger partial charge in [-0.2, -0.15) is 9.78 Å². The van der Waals surface area contributed by atoms with Crippen LogP contribution in [0.4, 0.5) is 5.69 Å². The molecule has 1 heterocycles. The molecule has 1 aliphatic carbocycles. The van der Waals surface area contributed by atoms with E-state index in [0.29, 0.717) is 22.2 Å². The minimum atomic E-state index is -0.798. The number of hydrogen-bond acceptors (Lipinski definition) is 4. The molecule has 140 valence electrons. The number of benzene rings is 1. The van der Waals surface area contributed by atoms with Gasteiger partial charge in [-0.05, 0) is 43.5 Å². The first-order valence-corrected chi connectivity index (χ1v) is 10.8. The molecule has 1 N–H and O–H groups in total. The third-order valence-electron chi connectivity index (χ3n) is 4.63. The van der Waals surface area contributed by atoms with Crippen LogP contribution in [0.2, 0.25) is 10.0 Å². The Morgan fingerprint density at radius 1 is 1.27 bits per heavy atom. The highest BCUT2D eigenvalue weighted by atomic mass is 35.5. The fourth-order valence-electron chi connectivity index (χ4n) is 3.27. The minimum absolute atomic E-state index is 0.105. The first-order valence-electron chi connectivity index (χ1n) is 8.67. The van der Waals surface area contributed by atoms with Crippen LogP contribution in [0, 0.1) is 0 Å². The van der Waals surface area contributed by atoms with Gasteiger partial charge in [-0.25, -0.2) is 0 Å². The van der Waals surface area contributed by atoms with Crippen LogP contribution in [0.15, 0.2) is 35.3 Å². The lowest BCUT2D eigenvalue weighted by molar-refractivity contribution is 0.465. The molecule has 0 aliphatic heterocycles. The number of hydrogen-bond donors (Lipinski definition) is 1. The highest BCUT2D eigenvalue weighted by Gasteiger charge is 2.26. The van der Waals surface area contributed by atoms with E-state index < -0.39 is 10.8 Å². The maximum atomic E-state index is 12.6. The maximum absolute atomic E-state index is 12.6. The molecule has 3 rings (SSSR count). The monoisotopic (exact) mass is 413 g/mol. The fourth-order valence-corrected chi connectivity index (χ4v) is 4.93.